The molecule has 6 heteroatoms. The van der Waals surface area contributed by atoms with Crippen molar-refractivity contribution in [1.29, 1.82) is 0 Å². The summed E-state index contributed by atoms with van der Waals surface area (Å²) in [5, 5.41) is 8.20. The van der Waals surface area contributed by atoms with Crippen LogP contribution >= 0.6 is 0 Å². The molecule has 0 aliphatic heterocycles. The van der Waals surface area contributed by atoms with Crippen molar-refractivity contribution in [1.82, 2.24) is 24.5 Å². The number of hydrogen-bond acceptors (Lipinski definition) is 4. The van der Waals surface area contributed by atoms with Gasteiger partial charge in [0, 0.05) is 18.8 Å². The van der Waals surface area contributed by atoms with E-state index < -0.39 is 0 Å². The van der Waals surface area contributed by atoms with Crippen LogP contribution in [-0.4, -0.2) is 30.3 Å². The third-order valence-electron chi connectivity index (χ3n) is 2.99. The predicted molar refractivity (Wildman–Crippen MR) is 66.4 cm³/mol. The van der Waals surface area contributed by atoms with Crippen molar-refractivity contribution >= 4 is 5.78 Å². The third-order valence-corrected chi connectivity index (χ3v) is 2.99. The molecule has 0 saturated carbocycles. The molecule has 0 atom stereocenters. The summed E-state index contributed by atoms with van der Waals surface area (Å²) in [5.74, 6) is 0.716. The summed E-state index contributed by atoms with van der Waals surface area (Å²) in [5.41, 5.74) is 1.52. The van der Waals surface area contributed by atoms with Crippen LogP contribution in [-0.2, 0) is 13.5 Å². The molecule has 2 rings (SSSR count). The molecule has 0 aromatic carbocycles. The number of Topliss-reactive ketones (excluding diaryl/α,β-unsaturated/α-hetero) is 1. The first-order chi connectivity index (χ1) is 8.50. The molecule has 6 nitrogen and oxygen atoms in total. The van der Waals surface area contributed by atoms with Gasteiger partial charge in [-0.2, -0.15) is 10.2 Å². The van der Waals surface area contributed by atoms with Crippen molar-refractivity contribution in [2.75, 3.05) is 0 Å². The smallest absolute Gasteiger partial charge is 0.173 e. The average Bonchev–Trinajstić information content (AvgIpc) is 2.88. The topological polar surface area (TPSA) is 65.6 Å². The molecular formula is C12H17N5O. The summed E-state index contributed by atoms with van der Waals surface area (Å²) < 4.78 is 3.46. The van der Waals surface area contributed by atoms with Gasteiger partial charge in [0.25, 0.3) is 0 Å². The lowest BCUT2D eigenvalue weighted by molar-refractivity contribution is 0.0988. The predicted octanol–water partition coefficient (Wildman–Crippen LogP) is 1.33. The number of ketones is 1. The monoisotopic (exact) mass is 247 g/mol. The first-order valence-corrected chi connectivity index (χ1v) is 5.91. The van der Waals surface area contributed by atoms with Gasteiger partial charge in [-0.3, -0.25) is 9.48 Å². The van der Waals surface area contributed by atoms with Crippen molar-refractivity contribution in [2.24, 2.45) is 7.05 Å². The first kappa shape index (κ1) is 12.5. The van der Waals surface area contributed by atoms with E-state index in [0.717, 1.165) is 5.69 Å². The number of aryl methyl sites for hydroxylation is 1. The molecule has 0 N–H and O–H groups in total. The second-order valence-corrected chi connectivity index (χ2v) is 4.58. The Balaban J connectivity index is 2.22. The lowest BCUT2D eigenvalue weighted by atomic mass is 10.1. The Morgan fingerprint density at radius 3 is 2.67 bits per heavy atom. The Morgan fingerprint density at radius 1 is 1.39 bits per heavy atom. The average molecular weight is 247 g/mol. The van der Waals surface area contributed by atoms with Crippen LogP contribution in [0.3, 0.4) is 0 Å². The number of aromatic nitrogens is 5. The molecule has 96 valence electrons. The van der Waals surface area contributed by atoms with E-state index in [-0.39, 0.29) is 18.2 Å². The van der Waals surface area contributed by atoms with Crippen LogP contribution in [0, 0.1) is 6.92 Å². The Morgan fingerprint density at radius 2 is 2.11 bits per heavy atom. The summed E-state index contributed by atoms with van der Waals surface area (Å²) >= 11 is 0. The second kappa shape index (κ2) is 4.72. The Bertz CT molecular complexity index is 567. The highest BCUT2D eigenvalue weighted by Crippen LogP contribution is 2.12. The number of carbonyl (C=O) groups excluding carboxylic acids is 1. The maximum atomic E-state index is 12.2. The minimum atomic E-state index is 0.0236. The van der Waals surface area contributed by atoms with Gasteiger partial charge < -0.3 is 0 Å². The zero-order valence-corrected chi connectivity index (χ0v) is 11.1. The Hall–Kier alpha value is -1.98. The molecule has 0 unspecified atom stereocenters. The maximum absolute atomic E-state index is 12.2. The van der Waals surface area contributed by atoms with E-state index in [1.165, 1.54) is 6.33 Å². The molecule has 2 heterocycles. The number of hydrogen-bond donors (Lipinski definition) is 0. The molecule has 0 saturated heterocycles. The van der Waals surface area contributed by atoms with Gasteiger partial charge in [-0.1, -0.05) is 0 Å². The molecule has 0 aliphatic carbocycles. The van der Waals surface area contributed by atoms with Crippen LogP contribution < -0.4 is 0 Å². The molecule has 2 aromatic heterocycles. The standard InChI is InChI=1S/C12H17N5O/c1-8(2)17-12(13-7-15-17)5-11(18)10-6-14-16(4)9(10)3/h6-8H,5H2,1-4H3. The molecule has 0 bridgehead atoms. The quantitative estimate of drug-likeness (QED) is 0.764. The highest BCUT2D eigenvalue weighted by Gasteiger charge is 2.17. The fourth-order valence-electron chi connectivity index (χ4n) is 1.84. The number of nitrogens with zero attached hydrogens (tertiary/aromatic N) is 5. The first-order valence-electron chi connectivity index (χ1n) is 5.91. The van der Waals surface area contributed by atoms with Gasteiger partial charge in [-0.05, 0) is 20.8 Å². The lowest BCUT2D eigenvalue weighted by Crippen LogP contribution is -2.13. The van der Waals surface area contributed by atoms with Crippen LogP contribution in [0.1, 0.15) is 41.8 Å². The van der Waals surface area contributed by atoms with Gasteiger partial charge in [0.1, 0.15) is 12.2 Å². The molecule has 0 spiro atoms. The van der Waals surface area contributed by atoms with E-state index in [2.05, 4.69) is 15.2 Å². The Kier molecular flexibility index (Phi) is 3.27. The molecule has 0 amide bonds. The zero-order chi connectivity index (χ0) is 13.3. The van der Waals surface area contributed by atoms with Crippen LogP contribution in [0.5, 0.6) is 0 Å². The van der Waals surface area contributed by atoms with Crippen molar-refractivity contribution < 1.29 is 4.79 Å². The van der Waals surface area contributed by atoms with E-state index in [4.69, 9.17) is 0 Å². The largest absolute Gasteiger partial charge is 0.294 e. The van der Waals surface area contributed by atoms with Crippen molar-refractivity contribution in [3.8, 4) is 0 Å². The summed E-state index contributed by atoms with van der Waals surface area (Å²) in [7, 11) is 1.82. The van der Waals surface area contributed by atoms with Crippen molar-refractivity contribution in [3.63, 3.8) is 0 Å². The van der Waals surface area contributed by atoms with Crippen LogP contribution in [0.25, 0.3) is 0 Å². The molecule has 0 fully saturated rings. The molecule has 2 aromatic rings. The third kappa shape index (κ3) is 2.18. The lowest BCUT2D eigenvalue weighted by Gasteiger charge is -2.08. The number of carbonyl (C=O) groups is 1. The van der Waals surface area contributed by atoms with E-state index in [1.807, 2.05) is 27.8 Å². The highest BCUT2D eigenvalue weighted by molar-refractivity contribution is 5.97. The molecule has 18 heavy (non-hydrogen) atoms. The Labute approximate surface area is 106 Å². The van der Waals surface area contributed by atoms with Crippen molar-refractivity contribution in [2.45, 2.75) is 33.2 Å². The van der Waals surface area contributed by atoms with Gasteiger partial charge in [0.05, 0.1) is 18.2 Å². The van der Waals surface area contributed by atoms with Crippen LogP contribution in [0.2, 0.25) is 0 Å². The number of rotatable bonds is 4. The van der Waals surface area contributed by atoms with Crippen molar-refractivity contribution in [3.05, 3.63) is 29.6 Å². The fraction of sp³-hybridized carbons (Fsp3) is 0.500. The van der Waals surface area contributed by atoms with E-state index in [1.54, 1.807) is 15.6 Å². The summed E-state index contributed by atoms with van der Waals surface area (Å²) in [6.45, 7) is 5.91. The highest BCUT2D eigenvalue weighted by atomic mass is 16.1. The molecule has 0 radical (unpaired) electrons. The SMILES string of the molecule is Cc1c(C(=O)Cc2ncnn2C(C)C)cnn1C. The van der Waals surface area contributed by atoms with Gasteiger partial charge in [-0.25, -0.2) is 9.67 Å². The normalized spacial score (nSPS) is 11.2. The van der Waals surface area contributed by atoms with Gasteiger partial charge in [-0.15, -0.1) is 0 Å². The summed E-state index contributed by atoms with van der Waals surface area (Å²) in [4.78, 5) is 16.3. The molecular weight excluding hydrogens is 230 g/mol. The van der Waals surface area contributed by atoms with Gasteiger partial charge in [0.15, 0.2) is 5.78 Å². The maximum Gasteiger partial charge on any atom is 0.173 e. The van der Waals surface area contributed by atoms with Gasteiger partial charge >= 0.3 is 0 Å². The summed E-state index contributed by atoms with van der Waals surface area (Å²) in [6.07, 6.45) is 3.34. The van der Waals surface area contributed by atoms with E-state index >= 15 is 0 Å². The second-order valence-electron chi connectivity index (χ2n) is 4.58. The van der Waals surface area contributed by atoms with Crippen LogP contribution in [0.4, 0.5) is 0 Å². The van der Waals surface area contributed by atoms with Gasteiger partial charge in [0.2, 0.25) is 0 Å². The minimum Gasteiger partial charge on any atom is -0.294 e. The molecule has 0 aliphatic rings. The zero-order valence-electron chi connectivity index (χ0n) is 11.1. The van der Waals surface area contributed by atoms with E-state index in [9.17, 15) is 4.79 Å². The fourth-order valence-corrected chi connectivity index (χ4v) is 1.84. The van der Waals surface area contributed by atoms with Crippen LogP contribution in [0.15, 0.2) is 12.5 Å². The summed E-state index contributed by atoms with van der Waals surface area (Å²) in [6, 6.07) is 0.199. The van der Waals surface area contributed by atoms with E-state index in [0.29, 0.717) is 11.4 Å². The minimum absolute atomic E-state index is 0.0236.